The van der Waals surface area contributed by atoms with Crippen molar-refractivity contribution in [3.63, 3.8) is 0 Å². The summed E-state index contributed by atoms with van der Waals surface area (Å²) in [7, 11) is 0. The minimum atomic E-state index is -4.65. The van der Waals surface area contributed by atoms with Gasteiger partial charge in [0.1, 0.15) is 6.61 Å². The highest BCUT2D eigenvalue weighted by Gasteiger charge is 2.33. The number of nitro groups is 1. The molecule has 2 aromatic carbocycles. The Morgan fingerprint density at radius 3 is 2.63 bits per heavy atom. The number of halogens is 4. The average Bonchev–Trinajstić information content (AvgIpc) is 3.16. The number of nitrogens with zero attached hydrogens (tertiary/aromatic N) is 1. The lowest BCUT2D eigenvalue weighted by Crippen LogP contribution is -2.12. The summed E-state index contributed by atoms with van der Waals surface area (Å²) in [4.78, 5) is 23.0. The van der Waals surface area contributed by atoms with Gasteiger partial charge < -0.3 is 10.1 Å². The number of nitro benzene ring substituents is 1. The zero-order chi connectivity index (χ0) is 21.9. The molecule has 156 valence electrons. The maximum atomic E-state index is 12.9. The quantitative estimate of drug-likeness (QED) is 0.356. The van der Waals surface area contributed by atoms with Gasteiger partial charge in [0, 0.05) is 17.3 Å². The van der Waals surface area contributed by atoms with Gasteiger partial charge >= 0.3 is 11.9 Å². The Kier molecular flexibility index (Phi) is 6.28. The number of carbonyl (C=O) groups is 1. The Labute approximate surface area is 177 Å². The van der Waals surface area contributed by atoms with E-state index in [1.165, 1.54) is 30.3 Å². The standard InChI is InChI=1S/C19H12ClF3N2O4S/c20-14-6-5-12(8-13(14)19(21,22)23)24-18(26)17-7-11(10-30-17)9-29-16-4-2-1-3-15(16)25(27)28/h1-8,10H,9H2,(H,24,26). The number of carbonyl (C=O) groups excluding carboxylic acids is 1. The molecule has 1 amide bonds. The molecule has 6 nitrogen and oxygen atoms in total. The maximum Gasteiger partial charge on any atom is 0.417 e. The fraction of sp³-hybridized carbons (Fsp3) is 0.105. The number of alkyl halides is 3. The van der Waals surface area contributed by atoms with Gasteiger partial charge in [-0.1, -0.05) is 23.7 Å². The van der Waals surface area contributed by atoms with E-state index in [-0.39, 0.29) is 28.6 Å². The van der Waals surface area contributed by atoms with E-state index in [2.05, 4.69) is 5.32 Å². The Bertz CT molecular complexity index is 1100. The summed E-state index contributed by atoms with van der Waals surface area (Å²) in [5.41, 5.74) is -0.709. The van der Waals surface area contributed by atoms with Crippen molar-refractivity contribution in [1.82, 2.24) is 0 Å². The van der Waals surface area contributed by atoms with Crippen LogP contribution in [0.4, 0.5) is 24.5 Å². The van der Waals surface area contributed by atoms with Crippen molar-refractivity contribution in [3.8, 4) is 5.75 Å². The van der Waals surface area contributed by atoms with Gasteiger partial charge in [-0.05, 0) is 35.7 Å². The van der Waals surface area contributed by atoms with Crippen molar-refractivity contribution in [2.24, 2.45) is 0 Å². The number of hydrogen-bond donors (Lipinski definition) is 1. The van der Waals surface area contributed by atoms with Crippen LogP contribution in [0.5, 0.6) is 5.75 Å². The van der Waals surface area contributed by atoms with Crippen molar-refractivity contribution in [2.45, 2.75) is 12.8 Å². The lowest BCUT2D eigenvalue weighted by atomic mass is 10.2. The molecule has 11 heteroatoms. The van der Waals surface area contributed by atoms with Crippen LogP contribution < -0.4 is 10.1 Å². The molecule has 0 radical (unpaired) electrons. The predicted octanol–water partition coefficient (Wildman–Crippen LogP) is 6.16. The minimum Gasteiger partial charge on any atom is -0.482 e. The second-order valence-electron chi connectivity index (χ2n) is 5.98. The molecule has 0 saturated carbocycles. The summed E-state index contributed by atoms with van der Waals surface area (Å²) in [6, 6.07) is 10.4. The number of rotatable bonds is 6. The van der Waals surface area contributed by atoms with Crippen molar-refractivity contribution < 1.29 is 27.6 Å². The number of para-hydroxylation sites is 2. The maximum absolute atomic E-state index is 12.9. The Balaban J connectivity index is 1.68. The molecule has 0 saturated heterocycles. The first kappa shape index (κ1) is 21.6. The molecule has 1 heterocycles. The number of benzene rings is 2. The average molecular weight is 457 g/mol. The van der Waals surface area contributed by atoms with Crippen molar-refractivity contribution in [3.05, 3.63) is 85.1 Å². The molecule has 0 aliphatic carbocycles. The molecule has 0 fully saturated rings. The minimum absolute atomic E-state index is 0.0200. The summed E-state index contributed by atoms with van der Waals surface area (Å²) in [5.74, 6) is -0.520. The van der Waals surface area contributed by atoms with Gasteiger partial charge in [-0.15, -0.1) is 11.3 Å². The van der Waals surface area contributed by atoms with E-state index in [0.29, 0.717) is 5.56 Å². The Morgan fingerprint density at radius 1 is 1.20 bits per heavy atom. The molecule has 0 spiro atoms. The van der Waals surface area contributed by atoms with Crippen LogP contribution in [0.15, 0.2) is 53.9 Å². The number of amides is 1. The van der Waals surface area contributed by atoms with Crippen LogP contribution in [0.25, 0.3) is 0 Å². The van der Waals surface area contributed by atoms with E-state index < -0.39 is 27.6 Å². The van der Waals surface area contributed by atoms with Crippen LogP contribution in [-0.4, -0.2) is 10.8 Å². The number of hydrogen-bond acceptors (Lipinski definition) is 5. The molecular weight excluding hydrogens is 445 g/mol. The lowest BCUT2D eigenvalue weighted by molar-refractivity contribution is -0.385. The fourth-order valence-corrected chi connectivity index (χ4v) is 3.49. The van der Waals surface area contributed by atoms with E-state index in [9.17, 15) is 28.1 Å². The highest BCUT2D eigenvalue weighted by Crippen LogP contribution is 2.36. The normalized spacial score (nSPS) is 11.2. The van der Waals surface area contributed by atoms with Crippen LogP contribution in [0.1, 0.15) is 20.8 Å². The molecular formula is C19H12ClF3N2O4S. The van der Waals surface area contributed by atoms with E-state index in [0.717, 1.165) is 23.5 Å². The van der Waals surface area contributed by atoms with Gasteiger partial charge in [-0.25, -0.2) is 0 Å². The van der Waals surface area contributed by atoms with Gasteiger partial charge in [0.15, 0.2) is 5.75 Å². The molecule has 0 aliphatic rings. The van der Waals surface area contributed by atoms with Gasteiger partial charge in [-0.3, -0.25) is 14.9 Å². The molecule has 1 aromatic heterocycles. The molecule has 1 N–H and O–H groups in total. The number of ether oxygens (including phenoxy) is 1. The van der Waals surface area contributed by atoms with Gasteiger partial charge in [0.05, 0.1) is 20.4 Å². The van der Waals surface area contributed by atoms with Crippen molar-refractivity contribution >= 4 is 40.2 Å². The second kappa shape index (κ2) is 8.72. The Morgan fingerprint density at radius 2 is 1.93 bits per heavy atom. The van der Waals surface area contributed by atoms with E-state index in [4.69, 9.17) is 16.3 Å². The van der Waals surface area contributed by atoms with Crippen LogP contribution in [0.3, 0.4) is 0 Å². The number of nitrogens with one attached hydrogen (secondary N) is 1. The first-order valence-electron chi connectivity index (χ1n) is 8.27. The fourth-order valence-electron chi connectivity index (χ4n) is 2.47. The first-order chi connectivity index (χ1) is 14.1. The number of thiophene rings is 1. The summed E-state index contributed by atoms with van der Waals surface area (Å²) in [6.45, 7) is -0.0200. The monoisotopic (exact) mass is 456 g/mol. The van der Waals surface area contributed by atoms with Crippen LogP contribution >= 0.6 is 22.9 Å². The van der Waals surface area contributed by atoms with E-state index >= 15 is 0 Å². The smallest absolute Gasteiger partial charge is 0.417 e. The highest BCUT2D eigenvalue weighted by molar-refractivity contribution is 7.12. The zero-order valence-electron chi connectivity index (χ0n) is 14.9. The third-order valence-corrected chi connectivity index (χ3v) is 5.17. The van der Waals surface area contributed by atoms with E-state index in [1.807, 2.05) is 0 Å². The third-order valence-electron chi connectivity index (χ3n) is 3.86. The van der Waals surface area contributed by atoms with Crippen molar-refractivity contribution in [2.75, 3.05) is 5.32 Å². The van der Waals surface area contributed by atoms with E-state index in [1.54, 1.807) is 11.4 Å². The lowest BCUT2D eigenvalue weighted by Gasteiger charge is -2.11. The van der Waals surface area contributed by atoms with Crippen LogP contribution in [0.2, 0.25) is 5.02 Å². The summed E-state index contributed by atoms with van der Waals surface area (Å²) >= 11 is 6.63. The highest BCUT2D eigenvalue weighted by atomic mass is 35.5. The zero-order valence-corrected chi connectivity index (χ0v) is 16.5. The SMILES string of the molecule is O=C(Nc1ccc(Cl)c(C(F)(F)F)c1)c1cc(COc2ccccc2[N+](=O)[O-])cs1. The first-order valence-corrected chi connectivity index (χ1v) is 9.52. The topological polar surface area (TPSA) is 81.5 Å². The molecule has 0 aliphatic heterocycles. The predicted molar refractivity (Wildman–Crippen MR) is 106 cm³/mol. The number of anilines is 1. The molecule has 0 bridgehead atoms. The van der Waals surface area contributed by atoms with Crippen molar-refractivity contribution in [1.29, 1.82) is 0 Å². The summed E-state index contributed by atoms with van der Waals surface area (Å²) in [6.07, 6.45) is -4.65. The largest absolute Gasteiger partial charge is 0.482 e. The molecule has 3 rings (SSSR count). The van der Waals surface area contributed by atoms with Gasteiger partial charge in [0.25, 0.3) is 5.91 Å². The molecule has 30 heavy (non-hydrogen) atoms. The van der Waals surface area contributed by atoms with Crippen LogP contribution in [0, 0.1) is 10.1 Å². The van der Waals surface area contributed by atoms with Gasteiger partial charge in [-0.2, -0.15) is 13.2 Å². The molecule has 0 unspecified atom stereocenters. The summed E-state index contributed by atoms with van der Waals surface area (Å²) in [5, 5.41) is 14.5. The Hall–Kier alpha value is -3.11. The van der Waals surface area contributed by atoms with Gasteiger partial charge in [0.2, 0.25) is 0 Å². The molecule has 3 aromatic rings. The third kappa shape index (κ3) is 5.08. The van der Waals surface area contributed by atoms with Crippen LogP contribution in [-0.2, 0) is 12.8 Å². The molecule has 0 atom stereocenters. The summed E-state index contributed by atoms with van der Waals surface area (Å²) < 4.78 is 44.3. The second-order valence-corrected chi connectivity index (χ2v) is 7.30.